The minimum atomic E-state index is -0.527. The number of aromatic amines is 1. The van der Waals surface area contributed by atoms with E-state index in [1.807, 2.05) is 31.3 Å². The number of anilines is 1. The van der Waals surface area contributed by atoms with Gasteiger partial charge in [0.05, 0.1) is 22.3 Å². The lowest BCUT2D eigenvalue weighted by Gasteiger charge is -2.09. The van der Waals surface area contributed by atoms with Gasteiger partial charge in [0.25, 0.3) is 5.56 Å². The topological polar surface area (TPSA) is 109 Å². The number of nitrogens with two attached hydrogens (primary N) is 2. The fourth-order valence-electron chi connectivity index (χ4n) is 2.99. The molecule has 1 heterocycles. The first-order valence-electron chi connectivity index (χ1n) is 8.69. The van der Waals surface area contributed by atoms with Crippen LogP contribution in [0.15, 0.2) is 52.3 Å². The SMILES string of the molecule is CNCCCc1ccc(N=C(N)c2c(N)c3c(F)cccc3[nH]c2=O)cc1. The summed E-state index contributed by atoms with van der Waals surface area (Å²) in [7, 11) is 1.92. The fourth-order valence-corrected chi connectivity index (χ4v) is 2.99. The molecule has 0 aliphatic rings. The molecule has 0 amide bonds. The zero-order chi connectivity index (χ0) is 19.4. The molecule has 0 saturated heterocycles. The van der Waals surface area contributed by atoms with Crippen molar-refractivity contribution in [3.63, 3.8) is 0 Å². The molecular weight excluding hydrogens is 345 g/mol. The fraction of sp³-hybridized carbons (Fsp3) is 0.200. The number of aryl methyl sites for hydroxylation is 1. The van der Waals surface area contributed by atoms with E-state index in [-0.39, 0.29) is 22.5 Å². The third kappa shape index (κ3) is 3.98. The van der Waals surface area contributed by atoms with E-state index in [0.717, 1.165) is 19.4 Å². The number of aliphatic imine (C=N–C) groups is 1. The Morgan fingerprint density at radius 2 is 1.96 bits per heavy atom. The summed E-state index contributed by atoms with van der Waals surface area (Å²) in [5.41, 5.74) is 13.6. The molecule has 7 heteroatoms. The van der Waals surface area contributed by atoms with Gasteiger partial charge >= 0.3 is 0 Å². The lowest BCUT2D eigenvalue weighted by Crippen LogP contribution is -2.26. The van der Waals surface area contributed by atoms with Gasteiger partial charge in [0.15, 0.2) is 0 Å². The van der Waals surface area contributed by atoms with Crippen LogP contribution < -0.4 is 22.3 Å². The molecule has 6 nitrogen and oxygen atoms in total. The van der Waals surface area contributed by atoms with Gasteiger partial charge in [0, 0.05) is 0 Å². The van der Waals surface area contributed by atoms with Crippen LogP contribution in [-0.2, 0) is 6.42 Å². The molecule has 0 atom stereocenters. The Balaban J connectivity index is 1.94. The molecule has 0 spiro atoms. The highest BCUT2D eigenvalue weighted by Crippen LogP contribution is 2.24. The van der Waals surface area contributed by atoms with Crippen molar-refractivity contribution in [2.24, 2.45) is 10.7 Å². The number of H-pyrrole nitrogens is 1. The molecule has 0 unspecified atom stereocenters. The molecule has 3 aromatic rings. The monoisotopic (exact) mass is 367 g/mol. The first-order valence-corrected chi connectivity index (χ1v) is 8.69. The normalized spacial score (nSPS) is 11.9. The summed E-state index contributed by atoms with van der Waals surface area (Å²) in [5.74, 6) is -0.581. The quantitative estimate of drug-likeness (QED) is 0.305. The Bertz CT molecular complexity index is 1040. The summed E-state index contributed by atoms with van der Waals surface area (Å²) in [6.07, 6.45) is 1.99. The number of aromatic nitrogens is 1. The number of benzene rings is 2. The number of hydrogen-bond acceptors (Lipinski definition) is 4. The van der Waals surface area contributed by atoms with E-state index in [1.54, 1.807) is 6.07 Å². The Morgan fingerprint density at radius 1 is 1.22 bits per heavy atom. The van der Waals surface area contributed by atoms with Crippen molar-refractivity contribution in [3.8, 4) is 0 Å². The number of pyridine rings is 1. The standard InChI is InChI=1S/C20H22FN5O/c1-24-11-3-4-12-7-9-13(10-8-12)25-19(23)17-18(22)16-14(21)5-2-6-15(16)26-20(17)27/h2,5-10,24H,3-4,11H2,1H3,(H2,23,25)(H3,22,26,27). The molecule has 0 aliphatic heterocycles. The highest BCUT2D eigenvalue weighted by atomic mass is 19.1. The van der Waals surface area contributed by atoms with Crippen LogP contribution >= 0.6 is 0 Å². The van der Waals surface area contributed by atoms with Crippen LogP contribution in [0.5, 0.6) is 0 Å². The lowest BCUT2D eigenvalue weighted by atomic mass is 10.1. The third-order valence-corrected chi connectivity index (χ3v) is 4.36. The number of hydrogen-bond donors (Lipinski definition) is 4. The van der Waals surface area contributed by atoms with Crippen molar-refractivity contribution < 1.29 is 4.39 Å². The van der Waals surface area contributed by atoms with E-state index in [0.29, 0.717) is 11.2 Å². The largest absolute Gasteiger partial charge is 0.397 e. The van der Waals surface area contributed by atoms with Crippen LogP contribution in [0.25, 0.3) is 10.9 Å². The van der Waals surface area contributed by atoms with Gasteiger partial charge in [-0.3, -0.25) is 4.79 Å². The van der Waals surface area contributed by atoms with Crippen molar-refractivity contribution in [2.75, 3.05) is 19.3 Å². The van der Waals surface area contributed by atoms with Gasteiger partial charge in [-0.15, -0.1) is 0 Å². The van der Waals surface area contributed by atoms with Crippen LogP contribution in [0, 0.1) is 5.82 Å². The number of nitrogens with zero attached hydrogens (tertiary/aromatic N) is 1. The molecule has 0 saturated carbocycles. The average molecular weight is 367 g/mol. The van der Waals surface area contributed by atoms with Gasteiger partial charge < -0.3 is 21.8 Å². The van der Waals surface area contributed by atoms with Crippen LogP contribution in [0.2, 0.25) is 0 Å². The maximum absolute atomic E-state index is 14.1. The highest BCUT2D eigenvalue weighted by Gasteiger charge is 2.16. The van der Waals surface area contributed by atoms with Gasteiger partial charge in [0.1, 0.15) is 17.2 Å². The van der Waals surface area contributed by atoms with Crippen molar-refractivity contribution in [3.05, 3.63) is 69.8 Å². The first kappa shape index (κ1) is 18.6. The van der Waals surface area contributed by atoms with E-state index in [9.17, 15) is 9.18 Å². The molecule has 27 heavy (non-hydrogen) atoms. The smallest absolute Gasteiger partial charge is 0.261 e. The minimum absolute atomic E-state index is 0.0169. The zero-order valence-corrected chi connectivity index (χ0v) is 15.1. The predicted octanol–water partition coefficient (Wildman–Crippen LogP) is 2.44. The number of halogens is 1. The lowest BCUT2D eigenvalue weighted by molar-refractivity contribution is 0.640. The van der Waals surface area contributed by atoms with Gasteiger partial charge in [-0.25, -0.2) is 9.38 Å². The van der Waals surface area contributed by atoms with Crippen molar-refractivity contribution in [1.82, 2.24) is 10.3 Å². The maximum atomic E-state index is 14.1. The van der Waals surface area contributed by atoms with E-state index in [4.69, 9.17) is 11.5 Å². The first-order chi connectivity index (χ1) is 13.0. The minimum Gasteiger partial charge on any atom is -0.397 e. The van der Waals surface area contributed by atoms with Crippen LogP contribution in [0.4, 0.5) is 15.8 Å². The van der Waals surface area contributed by atoms with E-state index in [2.05, 4.69) is 15.3 Å². The van der Waals surface area contributed by atoms with Crippen molar-refractivity contribution in [1.29, 1.82) is 0 Å². The second-order valence-corrected chi connectivity index (χ2v) is 6.28. The molecule has 6 N–H and O–H groups in total. The summed E-state index contributed by atoms with van der Waals surface area (Å²) < 4.78 is 14.1. The Hall–Kier alpha value is -3.19. The summed E-state index contributed by atoms with van der Waals surface area (Å²) in [5, 5.41) is 3.24. The number of rotatable bonds is 6. The summed E-state index contributed by atoms with van der Waals surface area (Å²) >= 11 is 0. The van der Waals surface area contributed by atoms with Crippen LogP contribution in [0.1, 0.15) is 17.5 Å². The summed E-state index contributed by atoms with van der Waals surface area (Å²) in [6, 6.07) is 12.0. The molecule has 0 aliphatic carbocycles. The van der Waals surface area contributed by atoms with E-state index >= 15 is 0 Å². The highest BCUT2D eigenvalue weighted by molar-refractivity contribution is 6.08. The van der Waals surface area contributed by atoms with Gasteiger partial charge in [-0.05, 0) is 56.3 Å². The number of amidine groups is 1. The second kappa shape index (κ2) is 8.01. The Morgan fingerprint density at radius 3 is 2.67 bits per heavy atom. The summed E-state index contributed by atoms with van der Waals surface area (Å²) in [6.45, 7) is 0.952. The molecule has 140 valence electrons. The van der Waals surface area contributed by atoms with Gasteiger partial charge in [-0.1, -0.05) is 18.2 Å². The molecule has 1 aromatic heterocycles. The van der Waals surface area contributed by atoms with E-state index < -0.39 is 11.4 Å². The molecule has 2 aromatic carbocycles. The number of fused-ring (bicyclic) bond motifs is 1. The second-order valence-electron chi connectivity index (χ2n) is 6.28. The molecule has 3 rings (SSSR count). The van der Waals surface area contributed by atoms with E-state index in [1.165, 1.54) is 17.7 Å². The molecule has 0 bridgehead atoms. The van der Waals surface area contributed by atoms with Crippen LogP contribution in [-0.4, -0.2) is 24.4 Å². The van der Waals surface area contributed by atoms with Crippen molar-refractivity contribution >= 4 is 28.1 Å². The van der Waals surface area contributed by atoms with Gasteiger partial charge in [0.2, 0.25) is 0 Å². The predicted molar refractivity (Wildman–Crippen MR) is 108 cm³/mol. The Labute approximate surface area is 156 Å². The Kier molecular flexibility index (Phi) is 5.52. The molecule has 0 fully saturated rings. The summed E-state index contributed by atoms with van der Waals surface area (Å²) in [4.78, 5) is 19.3. The number of nitrogen functional groups attached to an aromatic ring is 1. The maximum Gasteiger partial charge on any atom is 0.261 e. The average Bonchev–Trinajstić information content (AvgIpc) is 2.63. The third-order valence-electron chi connectivity index (χ3n) is 4.36. The van der Waals surface area contributed by atoms with Gasteiger partial charge in [-0.2, -0.15) is 0 Å². The van der Waals surface area contributed by atoms with Crippen molar-refractivity contribution in [2.45, 2.75) is 12.8 Å². The molecule has 0 radical (unpaired) electrons. The van der Waals surface area contributed by atoms with Crippen LogP contribution in [0.3, 0.4) is 0 Å². The number of nitrogens with one attached hydrogen (secondary N) is 2. The zero-order valence-electron chi connectivity index (χ0n) is 15.1. The molecular formula is C20H22FN5O.